The first-order valence-electron chi connectivity index (χ1n) is 12.9. The number of benzene rings is 2. The number of halogens is 2. The van der Waals surface area contributed by atoms with Gasteiger partial charge in [0.15, 0.2) is 0 Å². The third-order valence-electron chi connectivity index (χ3n) is 7.20. The Kier molecular flexibility index (Phi) is 8.27. The molecular weight excluding hydrogens is 559 g/mol. The van der Waals surface area contributed by atoms with Gasteiger partial charge in [0.2, 0.25) is 5.91 Å². The second kappa shape index (κ2) is 11.7. The Morgan fingerprint density at radius 1 is 1.05 bits per heavy atom. The van der Waals surface area contributed by atoms with E-state index in [9.17, 15) is 13.2 Å². The van der Waals surface area contributed by atoms with Crippen LogP contribution in [0.25, 0.3) is 0 Å². The Morgan fingerprint density at radius 3 is 2.51 bits per heavy atom. The minimum atomic E-state index is -4.09. The first-order valence-corrected chi connectivity index (χ1v) is 15.1. The number of rotatable bonds is 8. The lowest BCUT2D eigenvalue weighted by molar-refractivity contribution is -0.124. The summed E-state index contributed by atoms with van der Waals surface area (Å²) >= 11 is 12.0. The fraction of sp³-hybridized carbons (Fsp3) is 0.370. The van der Waals surface area contributed by atoms with Gasteiger partial charge in [-0.1, -0.05) is 59.1 Å². The number of aromatic nitrogens is 3. The number of sulfonamides is 1. The van der Waals surface area contributed by atoms with Crippen LogP contribution >= 0.6 is 23.2 Å². The van der Waals surface area contributed by atoms with Crippen LogP contribution in [0.5, 0.6) is 0 Å². The molecule has 0 saturated carbocycles. The molecule has 1 fully saturated rings. The highest BCUT2D eigenvalue weighted by Gasteiger charge is 2.36. The molecule has 2 aromatic carbocycles. The van der Waals surface area contributed by atoms with E-state index in [0.717, 1.165) is 29.5 Å². The van der Waals surface area contributed by atoms with Gasteiger partial charge in [-0.25, -0.2) is 13.1 Å². The highest BCUT2D eigenvalue weighted by molar-refractivity contribution is 7.89. The van der Waals surface area contributed by atoms with Gasteiger partial charge in [-0.3, -0.25) is 14.0 Å². The van der Waals surface area contributed by atoms with E-state index < -0.39 is 22.0 Å². The number of nitrogens with one attached hydrogen (secondary N) is 1. The van der Waals surface area contributed by atoms with Gasteiger partial charge in [0.05, 0.1) is 26.7 Å². The predicted molar refractivity (Wildman–Crippen MR) is 150 cm³/mol. The van der Waals surface area contributed by atoms with Crippen LogP contribution in [0.1, 0.15) is 49.0 Å². The quantitative estimate of drug-likeness (QED) is 0.419. The molecule has 1 unspecified atom stereocenters. The molecule has 5 rings (SSSR count). The number of hydrogen-bond donors (Lipinski definition) is 1. The molecule has 12 heteroatoms. The molecule has 3 aromatic rings. The number of piperidine rings is 1. The SMILES string of the molecule is C[C@H](c1ccc(CN2CCCCC2)cc1)n1cc(CC2C(=O)NC=CN2S(=O)(=O)c2ccc(Cl)c(Cl)c2)nn1. The number of hydrogen-bond acceptors (Lipinski definition) is 6. The van der Waals surface area contributed by atoms with Gasteiger partial charge in [0.25, 0.3) is 10.0 Å². The third-order valence-corrected chi connectivity index (χ3v) is 9.72. The lowest BCUT2D eigenvalue weighted by atomic mass is 10.0. The minimum Gasteiger partial charge on any atom is -0.329 e. The number of carbonyl (C=O) groups is 1. The van der Waals surface area contributed by atoms with Crippen molar-refractivity contribution in [2.24, 2.45) is 0 Å². The fourth-order valence-corrected chi connectivity index (χ4v) is 6.76. The smallest absolute Gasteiger partial charge is 0.264 e. The van der Waals surface area contributed by atoms with Gasteiger partial charge in [-0.05, 0) is 62.2 Å². The molecule has 1 saturated heterocycles. The highest BCUT2D eigenvalue weighted by atomic mass is 35.5. The molecule has 0 spiro atoms. The van der Waals surface area contributed by atoms with E-state index in [2.05, 4.69) is 44.8 Å². The first-order chi connectivity index (χ1) is 18.7. The zero-order valence-corrected chi connectivity index (χ0v) is 23.8. The van der Waals surface area contributed by atoms with Crippen molar-refractivity contribution < 1.29 is 13.2 Å². The van der Waals surface area contributed by atoms with E-state index in [1.807, 2.05) is 6.92 Å². The minimum absolute atomic E-state index is 0.0399. The average molecular weight is 590 g/mol. The topological polar surface area (TPSA) is 100 Å². The van der Waals surface area contributed by atoms with E-state index in [1.165, 1.54) is 55.4 Å². The van der Waals surface area contributed by atoms with Crippen molar-refractivity contribution in [1.82, 2.24) is 29.5 Å². The van der Waals surface area contributed by atoms with Gasteiger partial charge in [-0.2, -0.15) is 0 Å². The zero-order valence-electron chi connectivity index (χ0n) is 21.5. The Morgan fingerprint density at radius 2 is 1.79 bits per heavy atom. The number of carbonyl (C=O) groups excluding carboxylic acids is 1. The molecule has 0 bridgehead atoms. The molecule has 2 atom stereocenters. The molecule has 0 aliphatic carbocycles. The molecule has 2 aliphatic heterocycles. The van der Waals surface area contributed by atoms with Crippen LogP contribution < -0.4 is 5.32 Å². The van der Waals surface area contributed by atoms with Gasteiger partial charge in [-0.15, -0.1) is 5.10 Å². The van der Waals surface area contributed by atoms with Crippen LogP contribution in [0, 0.1) is 0 Å². The molecule has 1 N–H and O–H groups in total. The summed E-state index contributed by atoms with van der Waals surface area (Å²) in [4.78, 5) is 15.2. The lowest BCUT2D eigenvalue weighted by Crippen LogP contribution is -2.50. The van der Waals surface area contributed by atoms with Crippen molar-refractivity contribution in [1.29, 1.82) is 0 Å². The van der Waals surface area contributed by atoms with Gasteiger partial charge < -0.3 is 5.32 Å². The molecule has 0 radical (unpaired) electrons. The Bertz CT molecular complexity index is 1470. The lowest BCUT2D eigenvalue weighted by Gasteiger charge is -2.31. The molecular formula is C27H30Cl2N6O3S. The number of likely N-dealkylation sites (tertiary alicyclic amines) is 1. The molecule has 9 nitrogen and oxygen atoms in total. The van der Waals surface area contributed by atoms with Crippen molar-refractivity contribution in [3.8, 4) is 0 Å². The van der Waals surface area contributed by atoms with Crippen molar-refractivity contribution in [2.75, 3.05) is 13.1 Å². The summed E-state index contributed by atoms with van der Waals surface area (Å²) in [7, 11) is -4.09. The summed E-state index contributed by atoms with van der Waals surface area (Å²) in [6.45, 7) is 5.29. The largest absolute Gasteiger partial charge is 0.329 e. The predicted octanol–water partition coefficient (Wildman–Crippen LogP) is 4.38. The number of nitrogens with zero attached hydrogens (tertiary/aromatic N) is 5. The summed E-state index contributed by atoms with van der Waals surface area (Å²) in [5.74, 6) is -0.465. The summed E-state index contributed by atoms with van der Waals surface area (Å²) in [6, 6.07) is 11.4. The van der Waals surface area contributed by atoms with Crippen LogP contribution in [0.15, 0.2) is 66.0 Å². The van der Waals surface area contributed by atoms with E-state index >= 15 is 0 Å². The van der Waals surface area contributed by atoms with Crippen molar-refractivity contribution >= 4 is 39.1 Å². The summed E-state index contributed by atoms with van der Waals surface area (Å²) in [5, 5.41) is 11.4. The maximum atomic E-state index is 13.4. The molecule has 1 amide bonds. The van der Waals surface area contributed by atoms with Crippen LogP contribution in [0.4, 0.5) is 0 Å². The van der Waals surface area contributed by atoms with Crippen LogP contribution in [-0.2, 0) is 27.8 Å². The molecule has 3 heterocycles. The van der Waals surface area contributed by atoms with E-state index in [4.69, 9.17) is 23.2 Å². The first kappa shape index (κ1) is 27.6. The number of amides is 1. The Hall–Kier alpha value is -2.92. The standard InChI is InChI=1S/C27H30Cl2N6O3S/c1-19(21-7-5-20(6-8-21)17-33-12-3-2-4-13-33)34-18-22(31-32-34)15-26-27(36)30-11-14-35(26)39(37,38)23-9-10-24(28)25(29)16-23/h5-11,14,16,18-19,26H,2-4,12-13,15,17H2,1H3,(H,30,36)/t19-,26?/m1/s1. The average Bonchev–Trinajstić information content (AvgIpc) is 3.40. The third kappa shape index (κ3) is 6.14. The zero-order chi connectivity index (χ0) is 27.6. The normalized spacial score (nSPS) is 19.2. The van der Waals surface area contributed by atoms with E-state index in [1.54, 1.807) is 10.9 Å². The monoisotopic (exact) mass is 588 g/mol. The second-order valence-electron chi connectivity index (χ2n) is 9.90. The fourth-order valence-electron chi connectivity index (χ4n) is 4.92. The van der Waals surface area contributed by atoms with Gasteiger partial charge in [0.1, 0.15) is 6.04 Å². The maximum absolute atomic E-state index is 13.4. The van der Waals surface area contributed by atoms with Crippen LogP contribution in [-0.4, -0.2) is 57.7 Å². The Labute approximate surface area is 238 Å². The van der Waals surface area contributed by atoms with E-state index in [-0.39, 0.29) is 27.4 Å². The molecule has 1 aromatic heterocycles. The molecule has 2 aliphatic rings. The highest BCUT2D eigenvalue weighted by Crippen LogP contribution is 2.29. The van der Waals surface area contributed by atoms with Crippen molar-refractivity contribution in [3.63, 3.8) is 0 Å². The van der Waals surface area contributed by atoms with Gasteiger partial charge >= 0.3 is 0 Å². The second-order valence-corrected chi connectivity index (χ2v) is 12.6. The van der Waals surface area contributed by atoms with Gasteiger partial charge in [0, 0.05) is 31.6 Å². The molecule has 206 valence electrons. The van der Waals surface area contributed by atoms with Crippen LogP contribution in [0.3, 0.4) is 0 Å². The summed E-state index contributed by atoms with van der Waals surface area (Å²) in [6.07, 6.45) is 8.26. The molecule has 39 heavy (non-hydrogen) atoms. The van der Waals surface area contributed by atoms with Crippen molar-refractivity contribution in [3.05, 3.63) is 87.9 Å². The Balaban J connectivity index is 1.30. The summed E-state index contributed by atoms with van der Waals surface area (Å²) in [5.41, 5.74) is 2.86. The van der Waals surface area contributed by atoms with Crippen LogP contribution in [0.2, 0.25) is 10.0 Å². The maximum Gasteiger partial charge on any atom is 0.264 e. The van der Waals surface area contributed by atoms with E-state index in [0.29, 0.717) is 5.69 Å². The summed E-state index contributed by atoms with van der Waals surface area (Å²) < 4.78 is 29.5. The van der Waals surface area contributed by atoms with Crippen molar-refractivity contribution in [2.45, 2.75) is 56.1 Å².